The molecule has 2 amide bonds. The molecule has 0 fully saturated rings. The van der Waals surface area contributed by atoms with Crippen molar-refractivity contribution in [1.82, 2.24) is 15.2 Å². The first-order valence-corrected chi connectivity index (χ1v) is 8.87. The van der Waals surface area contributed by atoms with Crippen LogP contribution >= 0.6 is 0 Å². The van der Waals surface area contributed by atoms with Gasteiger partial charge in [0.1, 0.15) is 11.5 Å². The number of nitrogens with one attached hydrogen (secondary N) is 2. The van der Waals surface area contributed by atoms with E-state index in [1.165, 1.54) is 23.1 Å². The van der Waals surface area contributed by atoms with Gasteiger partial charge < -0.3 is 20.3 Å². The van der Waals surface area contributed by atoms with E-state index < -0.39 is 29.8 Å². The van der Waals surface area contributed by atoms with E-state index in [9.17, 15) is 19.1 Å². The number of rotatable bonds is 6. The minimum atomic E-state index is -1.40. The molecule has 0 aliphatic rings. The van der Waals surface area contributed by atoms with Gasteiger partial charge in [-0.25, -0.2) is 4.39 Å². The SMILES string of the molecule is CN(C)C(=O)[C@H](O)[C@H](Cc1ccccc1)NC(=O)c1cc2cc(F)ccc2[nH]1. The number of aromatic amines is 1. The second kappa shape index (κ2) is 8.22. The minimum absolute atomic E-state index is 0.225. The largest absolute Gasteiger partial charge is 0.381 e. The van der Waals surface area contributed by atoms with Crippen molar-refractivity contribution in [2.75, 3.05) is 14.1 Å². The third-order valence-electron chi connectivity index (χ3n) is 4.52. The fraction of sp³-hybridized carbons (Fsp3) is 0.238. The molecule has 0 saturated carbocycles. The number of halogens is 1. The van der Waals surface area contributed by atoms with Crippen LogP contribution in [0.15, 0.2) is 54.6 Å². The van der Waals surface area contributed by atoms with E-state index >= 15 is 0 Å². The van der Waals surface area contributed by atoms with Gasteiger partial charge >= 0.3 is 0 Å². The second-order valence-electron chi connectivity index (χ2n) is 6.86. The van der Waals surface area contributed by atoms with Crippen LogP contribution in [-0.4, -0.2) is 53.0 Å². The molecule has 28 heavy (non-hydrogen) atoms. The number of nitrogens with zero attached hydrogens (tertiary/aromatic N) is 1. The Morgan fingerprint density at radius 2 is 1.86 bits per heavy atom. The van der Waals surface area contributed by atoms with Crippen LogP contribution in [0.5, 0.6) is 0 Å². The van der Waals surface area contributed by atoms with Crippen LogP contribution in [-0.2, 0) is 11.2 Å². The molecule has 1 heterocycles. The number of H-pyrrole nitrogens is 1. The predicted molar refractivity (Wildman–Crippen MR) is 104 cm³/mol. The summed E-state index contributed by atoms with van der Waals surface area (Å²) in [5.74, 6) is -1.38. The van der Waals surface area contributed by atoms with Crippen molar-refractivity contribution >= 4 is 22.7 Å². The van der Waals surface area contributed by atoms with Crippen molar-refractivity contribution in [3.05, 3.63) is 71.7 Å². The maximum absolute atomic E-state index is 13.4. The van der Waals surface area contributed by atoms with Crippen LogP contribution in [0, 0.1) is 5.82 Å². The summed E-state index contributed by atoms with van der Waals surface area (Å²) in [4.78, 5) is 29.2. The van der Waals surface area contributed by atoms with Crippen molar-refractivity contribution < 1.29 is 19.1 Å². The molecule has 3 N–H and O–H groups in total. The lowest BCUT2D eigenvalue weighted by Crippen LogP contribution is -2.51. The van der Waals surface area contributed by atoms with E-state index in [0.717, 1.165) is 5.56 Å². The highest BCUT2D eigenvalue weighted by Crippen LogP contribution is 2.17. The first kappa shape index (κ1) is 19.6. The molecule has 0 saturated heterocycles. The van der Waals surface area contributed by atoms with E-state index in [4.69, 9.17) is 0 Å². The van der Waals surface area contributed by atoms with Gasteiger partial charge in [0, 0.05) is 25.0 Å². The predicted octanol–water partition coefficient (Wildman–Crippen LogP) is 2.10. The van der Waals surface area contributed by atoms with Crippen molar-refractivity contribution in [2.45, 2.75) is 18.6 Å². The van der Waals surface area contributed by atoms with Gasteiger partial charge in [-0.15, -0.1) is 0 Å². The highest BCUT2D eigenvalue weighted by molar-refractivity contribution is 5.98. The Hall–Kier alpha value is -3.19. The summed E-state index contributed by atoms with van der Waals surface area (Å²) in [6.45, 7) is 0. The Labute approximate surface area is 162 Å². The highest BCUT2D eigenvalue weighted by atomic mass is 19.1. The summed E-state index contributed by atoms with van der Waals surface area (Å²) in [5, 5.41) is 13.8. The number of aliphatic hydroxyl groups is 1. The zero-order valence-corrected chi connectivity index (χ0v) is 15.6. The zero-order chi connectivity index (χ0) is 20.3. The molecule has 3 aromatic rings. The molecule has 3 rings (SSSR count). The van der Waals surface area contributed by atoms with Crippen LogP contribution in [0.3, 0.4) is 0 Å². The molecule has 2 atom stereocenters. The molecule has 0 bridgehead atoms. The molecular weight excluding hydrogens is 361 g/mol. The van der Waals surface area contributed by atoms with Gasteiger partial charge in [0.05, 0.1) is 6.04 Å². The van der Waals surface area contributed by atoms with Crippen LogP contribution < -0.4 is 5.32 Å². The van der Waals surface area contributed by atoms with Crippen LogP contribution in [0.25, 0.3) is 10.9 Å². The van der Waals surface area contributed by atoms with Crippen molar-refractivity contribution in [3.63, 3.8) is 0 Å². The molecule has 2 aromatic carbocycles. The number of carbonyl (C=O) groups excluding carboxylic acids is 2. The molecule has 6 nitrogen and oxygen atoms in total. The molecule has 0 radical (unpaired) electrons. The van der Waals surface area contributed by atoms with E-state index in [1.807, 2.05) is 30.3 Å². The summed E-state index contributed by atoms with van der Waals surface area (Å²) < 4.78 is 13.4. The Balaban J connectivity index is 1.84. The lowest BCUT2D eigenvalue weighted by Gasteiger charge is -2.25. The summed E-state index contributed by atoms with van der Waals surface area (Å²) in [5.41, 5.74) is 1.72. The third-order valence-corrected chi connectivity index (χ3v) is 4.52. The van der Waals surface area contributed by atoms with Gasteiger partial charge in [-0.05, 0) is 36.2 Å². The number of aromatic nitrogens is 1. The minimum Gasteiger partial charge on any atom is -0.381 e. The smallest absolute Gasteiger partial charge is 0.268 e. The van der Waals surface area contributed by atoms with E-state index in [-0.39, 0.29) is 12.1 Å². The number of amides is 2. The quantitative estimate of drug-likeness (QED) is 0.609. The van der Waals surface area contributed by atoms with Gasteiger partial charge in [-0.3, -0.25) is 9.59 Å². The summed E-state index contributed by atoms with van der Waals surface area (Å²) in [7, 11) is 3.08. The highest BCUT2D eigenvalue weighted by Gasteiger charge is 2.29. The number of carbonyl (C=O) groups is 2. The number of benzene rings is 2. The van der Waals surface area contributed by atoms with Gasteiger partial charge in [0.15, 0.2) is 6.10 Å². The van der Waals surface area contributed by atoms with Gasteiger partial charge in [0.25, 0.3) is 11.8 Å². The van der Waals surface area contributed by atoms with Crippen molar-refractivity contribution in [2.24, 2.45) is 0 Å². The van der Waals surface area contributed by atoms with Gasteiger partial charge in [0.2, 0.25) is 0 Å². The summed E-state index contributed by atoms with van der Waals surface area (Å²) in [6, 6.07) is 14.2. The lowest BCUT2D eigenvalue weighted by atomic mass is 10.00. The third kappa shape index (κ3) is 4.37. The zero-order valence-electron chi connectivity index (χ0n) is 15.6. The van der Waals surface area contributed by atoms with Crippen LogP contribution in [0.4, 0.5) is 4.39 Å². The van der Waals surface area contributed by atoms with E-state index in [1.54, 1.807) is 20.2 Å². The first-order valence-electron chi connectivity index (χ1n) is 8.87. The summed E-state index contributed by atoms with van der Waals surface area (Å²) in [6.07, 6.45) is -1.12. The Morgan fingerprint density at radius 1 is 1.14 bits per heavy atom. The lowest BCUT2D eigenvalue weighted by molar-refractivity contribution is -0.138. The number of fused-ring (bicyclic) bond motifs is 1. The van der Waals surface area contributed by atoms with Crippen LogP contribution in [0.2, 0.25) is 0 Å². The normalized spacial score (nSPS) is 13.1. The molecule has 0 aliphatic carbocycles. The van der Waals surface area contributed by atoms with Crippen LogP contribution in [0.1, 0.15) is 16.1 Å². The fourth-order valence-electron chi connectivity index (χ4n) is 3.02. The summed E-state index contributed by atoms with van der Waals surface area (Å²) >= 11 is 0. The van der Waals surface area contributed by atoms with Crippen molar-refractivity contribution in [1.29, 1.82) is 0 Å². The van der Waals surface area contributed by atoms with Gasteiger partial charge in [-0.2, -0.15) is 0 Å². The molecule has 146 valence electrons. The number of hydrogen-bond acceptors (Lipinski definition) is 3. The Kier molecular flexibility index (Phi) is 5.75. The topological polar surface area (TPSA) is 85.4 Å². The molecule has 0 spiro atoms. The van der Waals surface area contributed by atoms with E-state index in [0.29, 0.717) is 10.9 Å². The standard InChI is InChI=1S/C21H22FN3O3/c1-25(2)21(28)19(26)17(10-13-6-4-3-5-7-13)24-20(27)18-12-14-11-15(22)8-9-16(14)23-18/h3-9,11-12,17,19,23,26H,10H2,1-2H3,(H,24,27)/t17-,19+/m0/s1. The Morgan fingerprint density at radius 3 is 2.54 bits per heavy atom. The number of hydrogen-bond donors (Lipinski definition) is 3. The first-order chi connectivity index (χ1) is 13.3. The molecule has 1 aromatic heterocycles. The fourth-order valence-corrected chi connectivity index (χ4v) is 3.02. The molecule has 7 heteroatoms. The Bertz CT molecular complexity index is 985. The monoisotopic (exact) mass is 383 g/mol. The van der Waals surface area contributed by atoms with Gasteiger partial charge in [-0.1, -0.05) is 30.3 Å². The molecule has 0 unspecified atom stereocenters. The average molecular weight is 383 g/mol. The molecule has 0 aliphatic heterocycles. The van der Waals surface area contributed by atoms with E-state index in [2.05, 4.69) is 10.3 Å². The number of likely N-dealkylation sites (N-methyl/N-ethyl adjacent to an activating group) is 1. The maximum Gasteiger partial charge on any atom is 0.268 e. The molecular formula is C21H22FN3O3. The average Bonchev–Trinajstić information content (AvgIpc) is 3.10. The second-order valence-corrected chi connectivity index (χ2v) is 6.86. The van der Waals surface area contributed by atoms with Crippen molar-refractivity contribution in [3.8, 4) is 0 Å². The maximum atomic E-state index is 13.4. The number of aliphatic hydroxyl groups excluding tert-OH is 1.